The molecule has 0 fully saturated rings. The minimum absolute atomic E-state index is 0.104. The largest absolute Gasteiger partial charge is 0.462 e. The summed E-state index contributed by atoms with van der Waals surface area (Å²) in [5.74, 6) is -0.478. The summed E-state index contributed by atoms with van der Waals surface area (Å²) >= 11 is 0. The van der Waals surface area contributed by atoms with Crippen molar-refractivity contribution in [1.82, 2.24) is 4.98 Å². The number of esters is 1. The van der Waals surface area contributed by atoms with Gasteiger partial charge in [-0.15, -0.1) is 0 Å². The van der Waals surface area contributed by atoms with Gasteiger partial charge in [0.2, 0.25) is 5.82 Å². The van der Waals surface area contributed by atoms with Crippen molar-refractivity contribution in [2.75, 3.05) is 30.3 Å². The van der Waals surface area contributed by atoms with E-state index < -0.39 is 10.9 Å². The summed E-state index contributed by atoms with van der Waals surface area (Å²) in [4.78, 5) is 27.0. The first kappa shape index (κ1) is 16.7. The number of pyridine rings is 1. The first-order valence-electron chi connectivity index (χ1n) is 6.81. The molecule has 1 heterocycles. The van der Waals surface area contributed by atoms with Crippen LogP contribution in [0.15, 0.2) is 0 Å². The van der Waals surface area contributed by atoms with Crippen molar-refractivity contribution in [3.63, 3.8) is 0 Å². The Hall–Kier alpha value is -2.38. The number of aryl methyl sites for hydroxylation is 1. The molecule has 0 unspecified atom stereocenters. The van der Waals surface area contributed by atoms with Gasteiger partial charge in [0, 0.05) is 13.1 Å². The van der Waals surface area contributed by atoms with Crippen molar-refractivity contribution in [2.45, 2.75) is 27.7 Å². The Labute approximate surface area is 123 Å². The lowest BCUT2D eigenvalue weighted by molar-refractivity contribution is -0.383. The number of hydrogen-bond acceptors (Lipinski definition) is 7. The maximum Gasteiger partial charge on any atom is 0.342 e. The van der Waals surface area contributed by atoms with Crippen molar-refractivity contribution in [3.05, 3.63) is 21.4 Å². The van der Waals surface area contributed by atoms with Crippen LogP contribution in [-0.2, 0) is 4.74 Å². The smallest absolute Gasteiger partial charge is 0.342 e. The molecule has 0 aliphatic carbocycles. The van der Waals surface area contributed by atoms with Crippen LogP contribution in [0.1, 0.15) is 36.8 Å². The second kappa shape index (κ2) is 7.41. The van der Waals surface area contributed by atoms with E-state index in [-0.39, 0.29) is 29.4 Å². The Kier molecular flexibility index (Phi) is 5.89. The average Bonchev–Trinajstić information content (AvgIpc) is 2.38. The van der Waals surface area contributed by atoms with E-state index in [1.807, 2.05) is 6.92 Å². The third kappa shape index (κ3) is 3.59. The van der Waals surface area contributed by atoms with Gasteiger partial charge in [-0.2, -0.15) is 0 Å². The molecular formula is C13H20N4O4. The average molecular weight is 296 g/mol. The first-order chi connectivity index (χ1) is 9.97. The second-order valence-corrected chi connectivity index (χ2v) is 4.18. The number of ether oxygens (including phenoxy) is 1. The van der Waals surface area contributed by atoms with Crippen LogP contribution in [0.25, 0.3) is 0 Å². The van der Waals surface area contributed by atoms with E-state index in [1.54, 1.807) is 20.8 Å². The number of hydrogen-bond donors (Lipinski definition) is 2. The monoisotopic (exact) mass is 296 g/mol. The highest BCUT2D eigenvalue weighted by molar-refractivity contribution is 6.00. The van der Waals surface area contributed by atoms with Crippen LogP contribution in [0.2, 0.25) is 0 Å². The number of nitro groups is 1. The van der Waals surface area contributed by atoms with E-state index in [0.717, 1.165) is 0 Å². The maximum absolute atomic E-state index is 12.1. The summed E-state index contributed by atoms with van der Waals surface area (Å²) in [5.41, 5.74) is 0.384. The molecule has 0 atom stereocenters. The van der Waals surface area contributed by atoms with Crippen LogP contribution in [-0.4, -0.2) is 35.6 Å². The summed E-state index contributed by atoms with van der Waals surface area (Å²) in [6.07, 6.45) is 0. The lowest BCUT2D eigenvalue weighted by Gasteiger charge is -2.15. The fraction of sp³-hybridized carbons (Fsp3) is 0.538. The summed E-state index contributed by atoms with van der Waals surface area (Å²) in [6, 6.07) is 0. The summed E-state index contributed by atoms with van der Waals surface area (Å²) in [5, 5.41) is 17.1. The van der Waals surface area contributed by atoms with Gasteiger partial charge in [0.1, 0.15) is 11.3 Å². The molecule has 0 amide bonds. The van der Waals surface area contributed by atoms with Gasteiger partial charge in [-0.25, -0.2) is 9.78 Å². The minimum Gasteiger partial charge on any atom is -0.462 e. The normalized spacial score (nSPS) is 10.1. The molecule has 8 heteroatoms. The quantitative estimate of drug-likeness (QED) is 0.452. The van der Waals surface area contributed by atoms with Crippen molar-refractivity contribution < 1.29 is 14.5 Å². The van der Waals surface area contributed by atoms with E-state index in [1.165, 1.54) is 0 Å². The maximum atomic E-state index is 12.1. The Balaban J connectivity index is 3.59. The second-order valence-electron chi connectivity index (χ2n) is 4.18. The Bertz CT molecular complexity index is 545. The van der Waals surface area contributed by atoms with Gasteiger partial charge in [0.05, 0.1) is 17.2 Å². The molecule has 0 saturated heterocycles. The number of anilines is 2. The predicted molar refractivity (Wildman–Crippen MR) is 79.9 cm³/mol. The highest BCUT2D eigenvalue weighted by Crippen LogP contribution is 2.36. The summed E-state index contributed by atoms with van der Waals surface area (Å²) in [7, 11) is 0. The Morgan fingerprint density at radius 1 is 1.29 bits per heavy atom. The number of aromatic nitrogens is 1. The van der Waals surface area contributed by atoms with Crippen LogP contribution in [0.3, 0.4) is 0 Å². The van der Waals surface area contributed by atoms with Gasteiger partial charge in [-0.05, 0) is 27.7 Å². The Morgan fingerprint density at radius 2 is 1.90 bits per heavy atom. The van der Waals surface area contributed by atoms with Gasteiger partial charge in [0.25, 0.3) is 0 Å². The minimum atomic E-state index is -0.621. The predicted octanol–water partition coefficient (Wildman–Crippen LogP) is 2.34. The molecule has 1 rings (SSSR count). The zero-order chi connectivity index (χ0) is 16.0. The van der Waals surface area contributed by atoms with E-state index >= 15 is 0 Å². The molecule has 0 spiro atoms. The van der Waals surface area contributed by atoms with E-state index in [2.05, 4.69) is 15.6 Å². The molecular weight excluding hydrogens is 276 g/mol. The molecule has 0 aliphatic rings. The molecule has 8 nitrogen and oxygen atoms in total. The molecule has 1 aromatic heterocycles. The molecule has 21 heavy (non-hydrogen) atoms. The standard InChI is InChI=1S/C13H20N4O4/c1-5-14-10-9(13(18)21-7-3)8(4)16-12(15-6-2)11(10)17(19)20/h5-7H2,1-4H3,(H2,14,15,16). The number of carbonyl (C=O) groups is 1. The molecule has 116 valence electrons. The van der Waals surface area contributed by atoms with E-state index in [4.69, 9.17) is 4.74 Å². The summed E-state index contributed by atoms with van der Waals surface area (Å²) < 4.78 is 4.97. The zero-order valence-electron chi connectivity index (χ0n) is 12.6. The van der Waals surface area contributed by atoms with Gasteiger partial charge >= 0.3 is 11.7 Å². The number of carbonyl (C=O) groups excluding carboxylic acids is 1. The lowest BCUT2D eigenvalue weighted by Crippen LogP contribution is -2.16. The van der Waals surface area contributed by atoms with E-state index in [9.17, 15) is 14.9 Å². The fourth-order valence-corrected chi connectivity index (χ4v) is 1.96. The van der Waals surface area contributed by atoms with Crippen LogP contribution >= 0.6 is 0 Å². The highest BCUT2D eigenvalue weighted by Gasteiger charge is 2.30. The Morgan fingerprint density at radius 3 is 2.38 bits per heavy atom. The zero-order valence-corrected chi connectivity index (χ0v) is 12.6. The van der Waals surface area contributed by atoms with Crippen molar-refractivity contribution in [2.24, 2.45) is 0 Å². The first-order valence-corrected chi connectivity index (χ1v) is 6.81. The third-order valence-corrected chi connectivity index (χ3v) is 2.71. The molecule has 2 N–H and O–H groups in total. The SMILES string of the molecule is CCNc1nc(C)c(C(=O)OCC)c(NCC)c1[N+](=O)[O-]. The molecule has 0 radical (unpaired) electrons. The molecule has 0 aromatic carbocycles. The fourth-order valence-electron chi connectivity index (χ4n) is 1.96. The van der Waals surface area contributed by atoms with Crippen molar-refractivity contribution >= 4 is 23.2 Å². The van der Waals surface area contributed by atoms with Gasteiger partial charge in [-0.1, -0.05) is 0 Å². The van der Waals surface area contributed by atoms with Crippen LogP contribution in [0.4, 0.5) is 17.2 Å². The molecule has 1 aromatic rings. The van der Waals surface area contributed by atoms with Gasteiger partial charge in [0.15, 0.2) is 0 Å². The van der Waals surface area contributed by atoms with Crippen LogP contribution in [0.5, 0.6) is 0 Å². The highest BCUT2D eigenvalue weighted by atomic mass is 16.6. The number of nitrogens with zero attached hydrogens (tertiary/aromatic N) is 2. The van der Waals surface area contributed by atoms with E-state index in [0.29, 0.717) is 18.8 Å². The topological polar surface area (TPSA) is 106 Å². The molecule has 0 saturated carbocycles. The van der Waals surface area contributed by atoms with Crippen LogP contribution in [0, 0.1) is 17.0 Å². The number of rotatable bonds is 7. The summed E-state index contributed by atoms with van der Waals surface area (Å²) in [6.45, 7) is 8.01. The third-order valence-electron chi connectivity index (χ3n) is 2.71. The van der Waals surface area contributed by atoms with Crippen molar-refractivity contribution in [1.29, 1.82) is 0 Å². The lowest BCUT2D eigenvalue weighted by atomic mass is 10.1. The van der Waals surface area contributed by atoms with Gasteiger partial charge in [-0.3, -0.25) is 10.1 Å². The van der Waals surface area contributed by atoms with Crippen LogP contribution < -0.4 is 10.6 Å². The number of nitrogens with one attached hydrogen (secondary N) is 2. The van der Waals surface area contributed by atoms with Gasteiger partial charge < -0.3 is 15.4 Å². The van der Waals surface area contributed by atoms with Crippen molar-refractivity contribution in [3.8, 4) is 0 Å². The molecule has 0 bridgehead atoms. The molecule has 0 aliphatic heterocycles.